The fourth-order valence-corrected chi connectivity index (χ4v) is 0. The zero-order valence-corrected chi connectivity index (χ0v) is 5.49. The van der Waals surface area contributed by atoms with Gasteiger partial charge in [-0.2, -0.15) is 0 Å². The molecule has 0 fully saturated rings. The molecule has 0 aliphatic carbocycles. The van der Waals surface area contributed by atoms with E-state index in [4.69, 9.17) is 0 Å². The van der Waals surface area contributed by atoms with Crippen LogP contribution in [-0.2, 0) is 34.1 Å². The van der Waals surface area contributed by atoms with Gasteiger partial charge in [0.25, 0.3) is 0 Å². The van der Waals surface area contributed by atoms with E-state index in [1.165, 1.54) is 0 Å². The van der Waals surface area contributed by atoms with E-state index in [1.807, 2.05) is 0 Å². The molecule has 0 heterocycles. The van der Waals surface area contributed by atoms with Crippen molar-refractivity contribution < 1.29 is 34.1 Å². The second kappa shape index (κ2) is 45.2. The van der Waals surface area contributed by atoms with Crippen LogP contribution in [0.4, 0.5) is 0 Å². The maximum Gasteiger partial charge on any atom is 2.00 e. The average Bonchev–Trinajstić information content (AvgIpc) is 0. The minimum Gasteiger partial charge on any atom is -0.358 e. The van der Waals surface area contributed by atoms with Crippen molar-refractivity contribution in [3.8, 4) is 0 Å². The normalized spacial score (nSPS) is 0. The zero-order valence-electron chi connectivity index (χ0n) is 3.60. The number of rotatable bonds is 0. The molecular formula is C2H6Cu2Li. The van der Waals surface area contributed by atoms with Crippen molar-refractivity contribution in [2.75, 3.05) is 0 Å². The maximum atomic E-state index is 0. The quantitative estimate of drug-likeness (QED) is 0.361. The SMILES string of the molecule is [CH3-].[CH3-].[Cu+2].[Cu].[Li]. The third kappa shape index (κ3) is 27.8. The largest absolute Gasteiger partial charge is 2.00 e. The Kier molecular flexibility index (Phi) is 713. The van der Waals surface area contributed by atoms with Crippen LogP contribution in [-0.4, -0.2) is 18.9 Å². The fraction of sp³-hybridized carbons (Fsp3) is 0. The molecule has 0 rings (SSSR count). The summed E-state index contributed by atoms with van der Waals surface area (Å²) in [6, 6.07) is 0. The van der Waals surface area contributed by atoms with Gasteiger partial charge in [-0.3, -0.25) is 0 Å². The van der Waals surface area contributed by atoms with Crippen molar-refractivity contribution in [2.45, 2.75) is 0 Å². The first-order valence-electron chi connectivity index (χ1n) is 0. The Labute approximate surface area is 67.6 Å². The summed E-state index contributed by atoms with van der Waals surface area (Å²) in [7, 11) is 0. The molecular weight excluding hydrogens is 158 g/mol. The van der Waals surface area contributed by atoms with Crippen LogP contribution in [0.15, 0.2) is 0 Å². The van der Waals surface area contributed by atoms with Crippen LogP contribution in [0.3, 0.4) is 0 Å². The molecule has 0 aliphatic rings. The van der Waals surface area contributed by atoms with E-state index in [9.17, 15) is 0 Å². The van der Waals surface area contributed by atoms with Gasteiger partial charge in [-0.05, 0) is 0 Å². The fourth-order valence-electron chi connectivity index (χ4n) is 0. The molecule has 0 N–H and O–H groups in total. The smallest absolute Gasteiger partial charge is 0.358 e. The first-order chi connectivity index (χ1) is 0. The zero-order chi connectivity index (χ0) is 0. The number of hydrogen-bond donors (Lipinski definition) is 0. The van der Waals surface area contributed by atoms with Crippen LogP contribution in [0.25, 0.3) is 0 Å². The van der Waals surface area contributed by atoms with Gasteiger partial charge in [0, 0.05) is 35.9 Å². The Morgan fingerprint density at radius 2 is 0.800 bits per heavy atom. The molecule has 0 amide bonds. The molecule has 0 unspecified atom stereocenters. The molecule has 0 spiro atoms. The predicted molar refractivity (Wildman–Crippen MR) is 18.6 cm³/mol. The summed E-state index contributed by atoms with van der Waals surface area (Å²) in [5.74, 6) is 0. The summed E-state index contributed by atoms with van der Waals surface area (Å²) in [5, 5.41) is 0. The molecule has 0 aromatic carbocycles. The molecule has 37 valence electrons. The van der Waals surface area contributed by atoms with Crippen LogP contribution in [0.5, 0.6) is 0 Å². The molecule has 3 heteroatoms. The second-order valence-electron chi connectivity index (χ2n) is 0. The summed E-state index contributed by atoms with van der Waals surface area (Å²) in [6.45, 7) is 0. The summed E-state index contributed by atoms with van der Waals surface area (Å²) in [4.78, 5) is 0. The van der Waals surface area contributed by atoms with E-state index in [0.717, 1.165) is 0 Å². The molecule has 3 radical (unpaired) electrons. The average molecular weight is 164 g/mol. The summed E-state index contributed by atoms with van der Waals surface area (Å²) in [6.07, 6.45) is 0. The summed E-state index contributed by atoms with van der Waals surface area (Å²) in [5.41, 5.74) is 0. The van der Waals surface area contributed by atoms with Crippen LogP contribution in [0.1, 0.15) is 0 Å². The van der Waals surface area contributed by atoms with Crippen molar-refractivity contribution in [3.63, 3.8) is 0 Å². The van der Waals surface area contributed by atoms with Crippen LogP contribution >= 0.6 is 0 Å². The Morgan fingerprint density at radius 3 is 0.800 bits per heavy atom. The van der Waals surface area contributed by atoms with Gasteiger partial charge in [-0.1, -0.05) is 0 Å². The van der Waals surface area contributed by atoms with Gasteiger partial charge < -0.3 is 14.9 Å². The Morgan fingerprint density at radius 1 is 0.800 bits per heavy atom. The Balaban J connectivity index is 0. The van der Waals surface area contributed by atoms with E-state index >= 15 is 0 Å². The van der Waals surface area contributed by atoms with Crippen LogP contribution in [0, 0.1) is 14.9 Å². The van der Waals surface area contributed by atoms with Crippen molar-refractivity contribution in [3.05, 3.63) is 14.9 Å². The van der Waals surface area contributed by atoms with Gasteiger partial charge in [0.15, 0.2) is 0 Å². The second-order valence-corrected chi connectivity index (χ2v) is 0. The molecule has 0 aromatic rings. The third-order valence-corrected chi connectivity index (χ3v) is 0. The van der Waals surface area contributed by atoms with E-state index in [-0.39, 0.29) is 67.9 Å². The minimum atomic E-state index is 0. The van der Waals surface area contributed by atoms with E-state index in [0.29, 0.717) is 0 Å². The summed E-state index contributed by atoms with van der Waals surface area (Å²) < 4.78 is 0. The van der Waals surface area contributed by atoms with Crippen LogP contribution < -0.4 is 0 Å². The van der Waals surface area contributed by atoms with Gasteiger partial charge >= 0.3 is 17.1 Å². The first-order valence-corrected chi connectivity index (χ1v) is 0. The van der Waals surface area contributed by atoms with Crippen molar-refractivity contribution >= 4 is 18.9 Å². The summed E-state index contributed by atoms with van der Waals surface area (Å²) >= 11 is 0. The molecule has 5 heavy (non-hydrogen) atoms. The van der Waals surface area contributed by atoms with Crippen molar-refractivity contribution in [2.24, 2.45) is 0 Å². The standard InChI is InChI=1S/2CH3.2Cu.Li/h2*1H3;;;/q2*-1;;+2;. The van der Waals surface area contributed by atoms with Gasteiger partial charge in [0.05, 0.1) is 0 Å². The Bertz CT molecular complexity index is 7.61. The molecule has 0 atom stereocenters. The molecule has 0 aromatic heterocycles. The minimum absolute atomic E-state index is 0. The predicted octanol–water partition coefficient (Wildman–Crippen LogP) is 0.515. The molecule has 0 saturated heterocycles. The van der Waals surface area contributed by atoms with Crippen molar-refractivity contribution in [1.29, 1.82) is 0 Å². The van der Waals surface area contributed by atoms with Gasteiger partial charge in [-0.15, -0.1) is 0 Å². The van der Waals surface area contributed by atoms with E-state index in [2.05, 4.69) is 0 Å². The molecule has 0 saturated carbocycles. The van der Waals surface area contributed by atoms with E-state index in [1.54, 1.807) is 0 Å². The Hall–Kier alpha value is 1.64. The van der Waals surface area contributed by atoms with Gasteiger partial charge in [0.1, 0.15) is 0 Å². The van der Waals surface area contributed by atoms with Crippen molar-refractivity contribution in [1.82, 2.24) is 0 Å². The monoisotopic (exact) mass is 163 g/mol. The molecule has 0 nitrogen and oxygen atoms in total. The first kappa shape index (κ1) is 78.7. The molecule has 0 bridgehead atoms. The number of hydrogen-bond acceptors (Lipinski definition) is 0. The maximum absolute atomic E-state index is 0. The van der Waals surface area contributed by atoms with Crippen LogP contribution in [0.2, 0.25) is 0 Å². The topological polar surface area (TPSA) is 0 Å². The third-order valence-electron chi connectivity index (χ3n) is 0. The molecule has 0 aliphatic heterocycles. The van der Waals surface area contributed by atoms with Gasteiger partial charge in [-0.25, -0.2) is 0 Å². The van der Waals surface area contributed by atoms with E-state index < -0.39 is 0 Å². The van der Waals surface area contributed by atoms with Gasteiger partial charge in [0.2, 0.25) is 0 Å².